The molecule has 4 nitrogen and oxygen atoms in total. The molecule has 0 aliphatic rings. The number of carbonyl (C=O) groups excluding carboxylic acids is 2. The molecule has 2 aromatic rings. The molecular formula is C27H34Cl2O4. The van der Waals surface area contributed by atoms with Gasteiger partial charge in [0, 0.05) is 0 Å². The molecule has 0 saturated carbocycles. The lowest BCUT2D eigenvalue weighted by atomic mass is 10.0. The first-order valence-corrected chi connectivity index (χ1v) is 12.6. The number of aryl methyl sites for hydroxylation is 1. The van der Waals surface area contributed by atoms with Crippen LogP contribution in [0, 0.1) is 5.92 Å². The quantitative estimate of drug-likeness (QED) is 0.123. The fourth-order valence-electron chi connectivity index (χ4n) is 3.32. The van der Waals surface area contributed by atoms with E-state index in [0.717, 1.165) is 6.42 Å². The highest BCUT2D eigenvalue weighted by molar-refractivity contribution is 6.33. The van der Waals surface area contributed by atoms with E-state index in [1.807, 2.05) is 26.0 Å². The van der Waals surface area contributed by atoms with Gasteiger partial charge in [0.15, 0.2) is 0 Å². The highest BCUT2D eigenvalue weighted by Gasteiger charge is 2.22. The van der Waals surface area contributed by atoms with Crippen molar-refractivity contribution in [2.24, 2.45) is 5.92 Å². The summed E-state index contributed by atoms with van der Waals surface area (Å²) in [5.41, 5.74) is 1.50. The molecule has 1 atom stereocenters. The summed E-state index contributed by atoms with van der Waals surface area (Å²) in [6, 6.07) is 12.0. The molecule has 0 bridgehead atoms. The second kappa shape index (κ2) is 14.3. The second-order valence-electron chi connectivity index (χ2n) is 8.62. The van der Waals surface area contributed by atoms with E-state index >= 15 is 0 Å². The van der Waals surface area contributed by atoms with E-state index in [9.17, 15) is 9.59 Å². The molecular weight excluding hydrogens is 459 g/mol. The maximum atomic E-state index is 12.5. The lowest BCUT2D eigenvalue weighted by molar-refractivity contribution is -0.134. The summed E-state index contributed by atoms with van der Waals surface area (Å²) in [5.74, 6) is -0.572. The molecule has 180 valence electrons. The molecule has 0 radical (unpaired) electrons. The summed E-state index contributed by atoms with van der Waals surface area (Å²) in [6.07, 6.45) is 9.99. The minimum atomic E-state index is -0.778. The lowest BCUT2D eigenvalue weighted by Gasteiger charge is -2.13. The number of ether oxygens (including phenoxy) is 2. The maximum Gasteiger partial charge on any atom is 0.343 e. The van der Waals surface area contributed by atoms with Crippen molar-refractivity contribution in [2.75, 3.05) is 0 Å². The molecule has 6 heteroatoms. The molecule has 33 heavy (non-hydrogen) atoms. The van der Waals surface area contributed by atoms with Gasteiger partial charge in [-0.15, -0.1) is 11.6 Å². The molecule has 2 aromatic carbocycles. The van der Waals surface area contributed by atoms with Crippen LogP contribution in [0.15, 0.2) is 42.5 Å². The van der Waals surface area contributed by atoms with Crippen LogP contribution >= 0.6 is 23.2 Å². The highest BCUT2D eigenvalue weighted by Crippen LogP contribution is 2.27. The van der Waals surface area contributed by atoms with Crippen LogP contribution in [0.3, 0.4) is 0 Å². The number of alkyl halides is 1. The third kappa shape index (κ3) is 9.38. The summed E-state index contributed by atoms with van der Waals surface area (Å²) in [7, 11) is 0. The average Bonchev–Trinajstić information content (AvgIpc) is 2.80. The molecule has 0 fully saturated rings. The minimum absolute atomic E-state index is 0.0749. The van der Waals surface area contributed by atoms with Gasteiger partial charge in [0.2, 0.25) is 0 Å². The van der Waals surface area contributed by atoms with Gasteiger partial charge in [0.25, 0.3) is 0 Å². The molecule has 0 heterocycles. The monoisotopic (exact) mass is 492 g/mol. The largest absolute Gasteiger partial charge is 0.424 e. The van der Waals surface area contributed by atoms with Gasteiger partial charge in [-0.3, -0.25) is 4.79 Å². The van der Waals surface area contributed by atoms with Gasteiger partial charge in [-0.25, -0.2) is 4.79 Å². The number of carbonyl (C=O) groups is 2. The van der Waals surface area contributed by atoms with Crippen molar-refractivity contribution >= 4 is 35.1 Å². The molecule has 0 aliphatic carbocycles. The Morgan fingerprint density at radius 3 is 2.12 bits per heavy atom. The zero-order valence-corrected chi connectivity index (χ0v) is 21.3. The van der Waals surface area contributed by atoms with Crippen molar-refractivity contribution < 1.29 is 19.1 Å². The summed E-state index contributed by atoms with van der Waals surface area (Å²) in [4.78, 5) is 24.5. The zero-order chi connectivity index (χ0) is 24.2. The van der Waals surface area contributed by atoms with Gasteiger partial charge < -0.3 is 9.47 Å². The first-order chi connectivity index (χ1) is 15.8. The molecule has 0 aliphatic heterocycles. The van der Waals surface area contributed by atoms with Crippen LogP contribution in [0.4, 0.5) is 0 Å². The Kier molecular flexibility index (Phi) is 11.8. The van der Waals surface area contributed by atoms with Crippen LogP contribution in [0.5, 0.6) is 11.5 Å². The Bertz CT molecular complexity index is 893. The lowest BCUT2D eigenvalue weighted by Crippen LogP contribution is -2.25. The molecule has 0 amide bonds. The van der Waals surface area contributed by atoms with E-state index in [1.54, 1.807) is 12.1 Å². The van der Waals surface area contributed by atoms with E-state index in [-0.39, 0.29) is 22.3 Å². The van der Waals surface area contributed by atoms with Gasteiger partial charge in [0.1, 0.15) is 16.9 Å². The Balaban J connectivity index is 1.84. The number of rotatable bonds is 13. The number of unbranched alkanes of at least 4 members (excludes halogenated alkanes) is 6. The van der Waals surface area contributed by atoms with Crippen molar-refractivity contribution in [3.63, 3.8) is 0 Å². The van der Waals surface area contributed by atoms with Crippen molar-refractivity contribution in [3.8, 4) is 11.5 Å². The fourth-order valence-corrected chi connectivity index (χ4v) is 3.59. The van der Waals surface area contributed by atoms with Crippen molar-refractivity contribution in [1.82, 2.24) is 0 Å². The maximum absolute atomic E-state index is 12.5. The number of hydrogen-bond acceptors (Lipinski definition) is 4. The van der Waals surface area contributed by atoms with Crippen molar-refractivity contribution in [2.45, 2.75) is 77.5 Å². The SMILES string of the molecule is CCCCCCCCCc1ccc(OC(=O)c2ccc(OC(=O)C(Cl)C(C)C)c(Cl)c2)cc1. The van der Waals surface area contributed by atoms with Gasteiger partial charge in [-0.1, -0.05) is 83.0 Å². The van der Waals surface area contributed by atoms with Crippen LogP contribution in [0.25, 0.3) is 0 Å². The molecule has 0 aromatic heterocycles. The van der Waals surface area contributed by atoms with E-state index < -0.39 is 17.3 Å². The number of esters is 2. The first-order valence-electron chi connectivity index (χ1n) is 11.8. The molecule has 0 N–H and O–H groups in total. The second-order valence-corrected chi connectivity index (χ2v) is 9.49. The van der Waals surface area contributed by atoms with Crippen LogP contribution in [-0.4, -0.2) is 17.3 Å². The number of benzene rings is 2. The third-order valence-corrected chi connectivity index (χ3v) is 6.37. The average molecular weight is 493 g/mol. The van der Waals surface area contributed by atoms with Crippen LogP contribution in [0.2, 0.25) is 5.02 Å². The van der Waals surface area contributed by atoms with Gasteiger partial charge in [-0.05, 0) is 54.7 Å². The number of halogens is 2. The molecule has 1 unspecified atom stereocenters. The van der Waals surface area contributed by atoms with Gasteiger partial charge in [0.05, 0.1) is 10.6 Å². The molecule has 2 rings (SSSR count). The number of hydrogen-bond donors (Lipinski definition) is 0. The Hall–Kier alpha value is -2.04. The Labute approximate surface area is 207 Å². The van der Waals surface area contributed by atoms with E-state index in [4.69, 9.17) is 32.7 Å². The summed E-state index contributed by atoms with van der Waals surface area (Å²) >= 11 is 12.2. The topological polar surface area (TPSA) is 52.6 Å². The van der Waals surface area contributed by atoms with Crippen LogP contribution < -0.4 is 9.47 Å². The predicted molar refractivity (Wildman–Crippen MR) is 135 cm³/mol. The zero-order valence-electron chi connectivity index (χ0n) is 19.7. The highest BCUT2D eigenvalue weighted by atomic mass is 35.5. The van der Waals surface area contributed by atoms with Gasteiger partial charge >= 0.3 is 11.9 Å². The summed E-state index contributed by atoms with van der Waals surface area (Å²) in [6.45, 7) is 5.87. The van der Waals surface area contributed by atoms with Crippen molar-refractivity contribution in [1.29, 1.82) is 0 Å². The smallest absolute Gasteiger partial charge is 0.343 e. The molecule has 0 saturated heterocycles. The normalized spacial score (nSPS) is 11.9. The summed E-state index contributed by atoms with van der Waals surface area (Å²) < 4.78 is 10.7. The Morgan fingerprint density at radius 1 is 0.879 bits per heavy atom. The standard InChI is InChI=1S/C27H34Cl2O4/c1-4-5-6-7-8-9-10-11-20-12-15-22(16-13-20)32-26(30)21-14-17-24(23(28)18-21)33-27(31)25(29)19(2)3/h12-19,25H,4-11H2,1-3H3. The van der Waals surface area contributed by atoms with E-state index in [0.29, 0.717) is 5.75 Å². The van der Waals surface area contributed by atoms with E-state index in [1.165, 1.54) is 68.7 Å². The molecule has 0 spiro atoms. The minimum Gasteiger partial charge on any atom is -0.424 e. The Morgan fingerprint density at radius 2 is 1.52 bits per heavy atom. The van der Waals surface area contributed by atoms with Crippen molar-refractivity contribution in [3.05, 3.63) is 58.6 Å². The van der Waals surface area contributed by atoms with Crippen LogP contribution in [0.1, 0.15) is 81.6 Å². The summed E-state index contributed by atoms with van der Waals surface area (Å²) in [5, 5.41) is -0.644. The third-order valence-electron chi connectivity index (χ3n) is 5.39. The fraction of sp³-hybridized carbons (Fsp3) is 0.481. The first kappa shape index (κ1) is 27.2. The predicted octanol–water partition coefficient (Wildman–Crippen LogP) is 8.02. The van der Waals surface area contributed by atoms with Crippen LogP contribution in [-0.2, 0) is 11.2 Å². The van der Waals surface area contributed by atoms with Gasteiger partial charge in [-0.2, -0.15) is 0 Å². The van der Waals surface area contributed by atoms with E-state index in [2.05, 4.69) is 6.92 Å².